The average Bonchev–Trinajstić information content (AvgIpc) is 2.78. The molecule has 4 N–H and O–H groups in total. The molecule has 0 aliphatic carbocycles. The minimum atomic E-state index is -1.02. The lowest BCUT2D eigenvalue weighted by Crippen LogP contribution is -2.23. The van der Waals surface area contributed by atoms with Crippen molar-refractivity contribution in [2.45, 2.75) is 19.5 Å². The van der Waals surface area contributed by atoms with Crippen LogP contribution in [0.4, 0.5) is 0 Å². The summed E-state index contributed by atoms with van der Waals surface area (Å²) in [5, 5.41) is 18.5. The van der Waals surface area contributed by atoms with E-state index >= 15 is 0 Å². The molecule has 0 spiro atoms. The minimum absolute atomic E-state index is 0.180. The summed E-state index contributed by atoms with van der Waals surface area (Å²) in [5.41, 5.74) is 5.44. The summed E-state index contributed by atoms with van der Waals surface area (Å²) in [7, 11) is 0. The third-order valence-corrected chi connectivity index (χ3v) is 3.05. The standard InChI is InChI=1S/C10H15N5O4S/c11-8(16)6-20-2-1-9(17)12-3-7-4-15(14-13-7)5-10(18)19/h4H,1-3,5-6H2,(H2,11,16)(H,12,17)(H,18,19). The van der Waals surface area contributed by atoms with Crippen LogP contribution < -0.4 is 11.1 Å². The number of nitrogens with one attached hydrogen (secondary N) is 1. The number of amides is 2. The lowest BCUT2D eigenvalue weighted by molar-refractivity contribution is -0.138. The van der Waals surface area contributed by atoms with Crippen molar-refractivity contribution in [3.8, 4) is 0 Å². The van der Waals surface area contributed by atoms with Gasteiger partial charge in [-0.05, 0) is 0 Å². The zero-order valence-electron chi connectivity index (χ0n) is 10.6. The van der Waals surface area contributed by atoms with Crippen molar-refractivity contribution < 1.29 is 19.5 Å². The highest BCUT2D eigenvalue weighted by Gasteiger charge is 2.06. The van der Waals surface area contributed by atoms with Crippen LogP contribution in [0.5, 0.6) is 0 Å². The number of nitrogens with two attached hydrogens (primary N) is 1. The summed E-state index contributed by atoms with van der Waals surface area (Å²) in [5.74, 6) is -0.922. The highest BCUT2D eigenvalue weighted by Crippen LogP contribution is 2.01. The largest absolute Gasteiger partial charge is 0.480 e. The van der Waals surface area contributed by atoms with Gasteiger partial charge < -0.3 is 16.2 Å². The normalized spacial score (nSPS) is 10.2. The number of rotatable bonds is 9. The third-order valence-electron chi connectivity index (χ3n) is 2.07. The summed E-state index contributed by atoms with van der Waals surface area (Å²) < 4.78 is 1.17. The van der Waals surface area contributed by atoms with Gasteiger partial charge in [-0.15, -0.1) is 5.10 Å². The maximum atomic E-state index is 11.5. The molecular formula is C10H15N5O4S. The summed E-state index contributed by atoms with van der Waals surface area (Å²) in [6, 6.07) is 0. The van der Waals surface area contributed by atoms with Gasteiger partial charge in [0.15, 0.2) is 0 Å². The number of aliphatic carboxylic acids is 1. The molecule has 10 heteroatoms. The molecule has 1 aromatic heterocycles. The first kappa shape index (κ1) is 16.0. The molecule has 1 heterocycles. The molecule has 0 unspecified atom stereocenters. The molecule has 0 saturated carbocycles. The van der Waals surface area contributed by atoms with Crippen molar-refractivity contribution in [2.75, 3.05) is 11.5 Å². The van der Waals surface area contributed by atoms with Crippen LogP contribution in [0.25, 0.3) is 0 Å². The van der Waals surface area contributed by atoms with E-state index in [-0.39, 0.29) is 31.2 Å². The third kappa shape index (κ3) is 6.73. The Morgan fingerprint density at radius 3 is 2.85 bits per heavy atom. The Bertz CT molecular complexity index is 490. The topological polar surface area (TPSA) is 140 Å². The van der Waals surface area contributed by atoms with Crippen molar-refractivity contribution in [3.05, 3.63) is 11.9 Å². The van der Waals surface area contributed by atoms with Gasteiger partial charge in [0, 0.05) is 12.2 Å². The first-order valence-electron chi connectivity index (χ1n) is 5.71. The fraction of sp³-hybridized carbons (Fsp3) is 0.500. The molecule has 0 aliphatic rings. The quantitative estimate of drug-likeness (QED) is 0.476. The predicted octanol–water partition coefficient (Wildman–Crippen LogP) is -1.41. The Labute approximate surface area is 118 Å². The van der Waals surface area contributed by atoms with Crippen LogP contribution in [0.2, 0.25) is 0 Å². The van der Waals surface area contributed by atoms with Crippen LogP contribution in [0.3, 0.4) is 0 Å². The Morgan fingerprint density at radius 2 is 2.20 bits per heavy atom. The van der Waals surface area contributed by atoms with Gasteiger partial charge in [-0.2, -0.15) is 11.8 Å². The van der Waals surface area contributed by atoms with E-state index in [1.54, 1.807) is 0 Å². The van der Waals surface area contributed by atoms with Gasteiger partial charge in [0.1, 0.15) is 12.2 Å². The lowest BCUT2D eigenvalue weighted by Gasteiger charge is -2.02. The van der Waals surface area contributed by atoms with Gasteiger partial charge in [-0.3, -0.25) is 14.4 Å². The lowest BCUT2D eigenvalue weighted by atomic mass is 10.4. The van der Waals surface area contributed by atoms with Crippen LogP contribution in [0, 0.1) is 0 Å². The van der Waals surface area contributed by atoms with Gasteiger partial charge in [0.25, 0.3) is 0 Å². The molecule has 0 aliphatic heterocycles. The molecule has 20 heavy (non-hydrogen) atoms. The molecule has 0 fully saturated rings. The van der Waals surface area contributed by atoms with E-state index in [0.717, 1.165) is 0 Å². The number of thioether (sulfide) groups is 1. The summed E-state index contributed by atoms with van der Waals surface area (Å²) in [6.45, 7) is -0.0936. The Hall–Kier alpha value is -2.10. The van der Waals surface area contributed by atoms with E-state index in [0.29, 0.717) is 11.4 Å². The zero-order chi connectivity index (χ0) is 15.0. The Kier molecular flexibility index (Phi) is 6.50. The van der Waals surface area contributed by atoms with Crippen LogP contribution in [0.15, 0.2) is 6.20 Å². The fourth-order valence-electron chi connectivity index (χ4n) is 1.25. The molecule has 2 amide bonds. The SMILES string of the molecule is NC(=O)CSCCC(=O)NCc1cn(CC(=O)O)nn1. The highest BCUT2D eigenvalue weighted by atomic mass is 32.2. The Balaban J connectivity index is 2.22. The monoisotopic (exact) mass is 301 g/mol. The highest BCUT2D eigenvalue weighted by molar-refractivity contribution is 7.99. The molecule has 0 saturated heterocycles. The second-order valence-corrected chi connectivity index (χ2v) is 4.95. The van der Waals surface area contributed by atoms with Gasteiger partial charge in [0.05, 0.1) is 18.5 Å². The van der Waals surface area contributed by atoms with Crippen molar-refractivity contribution in [2.24, 2.45) is 5.73 Å². The number of nitrogens with zero attached hydrogens (tertiary/aromatic N) is 3. The zero-order valence-corrected chi connectivity index (χ0v) is 11.4. The first-order chi connectivity index (χ1) is 9.47. The number of carbonyl (C=O) groups is 3. The number of aromatic nitrogens is 3. The van der Waals surface area contributed by atoms with E-state index < -0.39 is 11.9 Å². The van der Waals surface area contributed by atoms with Crippen molar-refractivity contribution in [1.29, 1.82) is 0 Å². The van der Waals surface area contributed by atoms with E-state index in [2.05, 4.69) is 15.6 Å². The minimum Gasteiger partial charge on any atom is -0.480 e. The van der Waals surface area contributed by atoms with Gasteiger partial charge in [0.2, 0.25) is 11.8 Å². The molecule has 1 aromatic rings. The first-order valence-corrected chi connectivity index (χ1v) is 6.86. The van der Waals surface area contributed by atoms with E-state index in [9.17, 15) is 14.4 Å². The van der Waals surface area contributed by atoms with E-state index in [1.165, 1.54) is 22.6 Å². The molecule has 110 valence electrons. The van der Waals surface area contributed by atoms with Gasteiger partial charge in [-0.25, -0.2) is 4.68 Å². The molecule has 0 radical (unpaired) electrons. The Morgan fingerprint density at radius 1 is 1.45 bits per heavy atom. The molecule has 1 rings (SSSR count). The number of carboxylic acid groups (broad SMARTS) is 1. The van der Waals surface area contributed by atoms with Gasteiger partial charge in [-0.1, -0.05) is 5.21 Å². The van der Waals surface area contributed by atoms with E-state index in [4.69, 9.17) is 10.8 Å². The van der Waals surface area contributed by atoms with Crippen LogP contribution in [0.1, 0.15) is 12.1 Å². The maximum absolute atomic E-state index is 11.5. The van der Waals surface area contributed by atoms with Crippen molar-refractivity contribution >= 4 is 29.5 Å². The average molecular weight is 301 g/mol. The number of carbonyl (C=O) groups excluding carboxylic acids is 2. The van der Waals surface area contributed by atoms with Crippen molar-refractivity contribution in [1.82, 2.24) is 20.3 Å². The molecular weight excluding hydrogens is 286 g/mol. The molecule has 9 nitrogen and oxygen atoms in total. The second kappa shape index (κ2) is 8.15. The second-order valence-electron chi connectivity index (χ2n) is 3.85. The number of primary amides is 1. The fourth-order valence-corrected chi connectivity index (χ4v) is 1.93. The van der Waals surface area contributed by atoms with Crippen LogP contribution >= 0.6 is 11.8 Å². The van der Waals surface area contributed by atoms with E-state index in [1.807, 2.05) is 0 Å². The number of hydrogen-bond donors (Lipinski definition) is 3. The molecule has 0 aromatic carbocycles. The van der Waals surface area contributed by atoms with Crippen LogP contribution in [-0.4, -0.2) is 49.4 Å². The summed E-state index contributed by atoms with van der Waals surface area (Å²) in [6.07, 6.45) is 1.72. The van der Waals surface area contributed by atoms with Crippen LogP contribution in [-0.2, 0) is 27.5 Å². The molecule has 0 atom stereocenters. The molecule has 0 bridgehead atoms. The predicted molar refractivity (Wildman–Crippen MR) is 70.6 cm³/mol. The number of hydrogen-bond acceptors (Lipinski definition) is 6. The maximum Gasteiger partial charge on any atom is 0.325 e. The summed E-state index contributed by atoms with van der Waals surface area (Å²) in [4.78, 5) is 32.4. The van der Waals surface area contributed by atoms with Crippen molar-refractivity contribution in [3.63, 3.8) is 0 Å². The smallest absolute Gasteiger partial charge is 0.325 e. The number of carboxylic acids is 1. The van der Waals surface area contributed by atoms with Gasteiger partial charge >= 0.3 is 5.97 Å². The summed E-state index contributed by atoms with van der Waals surface area (Å²) >= 11 is 1.29.